The molecule has 1 saturated heterocycles. The number of benzene rings is 1. The van der Waals surface area contributed by atoms with E-state index in [9.17, 15) is 9.59 Å². The minimum absolute atomic E-state index is 0.0885. The molecule has 0 saturated carbocycles. The van der Waals surface area contributed by atoms with Gasteiger partial charge in [0.25, 0.3) is 11.8 Å². The first kappa shape index (κ1) is 32.4. The number of hydrogen-bond acceptors (Lipinski definition) is 6. The van der Waals surface area contributed by atoms with Gasteiger partial charge in [-0.05, 0) is 43.6 Å². The Labute approximate surface area is 243 Å². The van der Waals surface area contributed by atoms with Crippen LogP contribution in [0.3, 0.4) is 0 Å². The van der Waals surface area contributed by atoms with Gasteiger partial charge in [0.1, 0.15) is 12.8 Å². The molecule has 1 atom stereocenters. The van der Waals surface area contributed by atoms with Crippen LogP contribution in [-0.4, -0.2) is 79.4 Å². The van der Waals surface area contributed by atoms with E-state index in [1.54, 1.807) is 29.0 Å². The standard InChI is InChI=1S/C30H50N2O6Si2/c1-11-22-17-25-29(34)32(21-36-15-16-39(6,7)8)24-19-27(26(35-5)18-23(24)28(33)31(25)20-22)37-13-12-14-38-40(9,10)30(2,3)4/h11,18-19,25H,12-17,20-21H2,1-10H3. The fraction of sp³-hybridized carbons (Fsp3) is 0.667. The SMILES string of the molecule is CC=C1CC2C(=O)N(COCC[Si](C)(C)C)c3cc(OCCCO[Si](C)(C)C(C)(C)C)c(OC)cc3C(=O)N2C1. The molecule has 0 radical (unpaired) electrons. The summed E-state index contributed by atoms with van der Waals surface area (Å²) in [5.41, 5.74) is 2.02. The van der Waals surface area contributed by atoms with Crippen LogP contribution < -0.4 is 14.4 Å². The number of fused-ring (bicyclic) bond motifs is 2. The lowest BCUT2D eigenvalue weighted by Crippen LogP contribution is -2.45. The first-order chi connectivity index (χ1) is 18.6. The Kier molecular flexibility index (Phi) is 10.4. The van der Waals surface area contributed by atoms with E-state index in [-0.39, 0.29) is 23.6 Å². The van der Waals surface area contributed by atoms with E-state index in [2.05, 4.69) is 53.5 Å². The number of amides is 2. The van der Waals surface area contributed by atoms with E-state index in [0.29, 0.717) is 55.5 Å². The van der Waals surface area contributed by atoms with Crippen molar-refractivity contribution in [3.8, 4) is 11.5 Å². The van der Waals surface area contributed by atoms with Crippen LogP contribution in [0.15, 0.2) is 23.8 Å². The fourth-order valence-electron chi connectivity index (χ4n) is 4.52. The molecule has 0 spiro atoms. The lowest BCUT2D eigenvalue weighted by atomic mass is 10.1. The highest BCUT2D eigenvalue weighted by atomic mass is 28.4. The molecule has 1 aromatic carbocycles. The van der Waals surface area contributed by atoms with Crippen molar-refractivity contribution in [3.05, 3.63) is 29.3 Å². The molecule has 2 amide bonds. The lowest BCUT2D eigenvalue weighted by Gasteiger charge is -2.36. The molecule has 2 heterocycles. The number of carbonyl (C=O) groups excluding carboxylic acids is 2. The topological polar surface area (TPSA) is 77.5 Å². The molecular formula is C30H50N2O6Si2. The van der Waals surface area contributed by atoms with Crippen LogP contribution >= 0.6 is 0 Å². The third-order valence-corrected chi connectivity index (χ3v) is 14.5. The van der Waals surface area contributed by atoms with E-state index in [1.807, 2.05) is 13.0 Å². The number of allylic oxidation sites excluding steroid dienone is 1. The van der Waals surface area contributed by atoms with Crippen LogP contribution in [-0.2, 0) is 14.0 Å². The quantitative estimate of drug-likeness (QED) is 0.161. The van der Waals surface area contributed by atoms with Crippen molar-refractivity contribution in [3.63, 3.8) is 0 Å². The van der Waals surface area contributed by atoms with E-state index < -0.39 is 22.4 Å². The average molecular weight is 591 g/mol. The van der Waals surface area contributed by atoms with Crippen LogP contribution in [0.5, 0.6) is 11.5 Å². The zero-order chi connectivity index (χ0) is 29.9. The largest absolute Gasteiger partial charge is 0.493 e. The number of ether oxygens (including phenoxy) is 3. The van der Waals surface area contributed by atoms with E-state index in [1.165, 1.54) is 0 Å². The van der Waals surface area contributed by atoms with Gasteiger partial charge in [-0.15, -0.1) is 0 Å². The number of rotatable bonds is 12. The van der Waals surface area contributed by atoms with E-state index in [4.69, 9.17) is 18.6 Å². The molecule has 40 heavy (non-hydrogen) atoms. The first-order valence-electron chi connectivity index (χ1n) is 14.4. The Balaban J connectivity index is 1.85. The number of nitrogens with zero attached hydrogens (tertiary/aromatic N) is 2. The summed E-state index contributed by atoms with van der Waals surface area (Å²) in [7, 11) is -1.56. The summed E-state index contributed by atoms with van der Waals surface area (Å²) in [6, 6.07) is 3.92. The number of methoxy groups -OCH3 is 1. The molecule has 2 aliphatic heterocycles. The number of anilines is 1. The summed E-state index contributed by atoms with van der Waals surface area (Å²) < 4.78 is 24.1. The Morgan fingerprint density at radius 3 is 2.33 bits per heavy atom. The van der Waals surface area contributed by atoms with Crippen molar-refractivity contribution in [2.75, 3.05) is 45.1 Å². The van der Waals surface area contributed by atoms with Gasteiger partial charge in [0.05, 0.1) is 25.0 Å². The van der Waals surface area contributed by atoms with Crippen LogP contribution in [0.2, 0.25) is 43.8 Å². The maximum atomic E-state index is 13.9. The lowest BCUT2D eigenvalue weighted by molar-refractivity contribution is -0.123. The van der Waals surface area contributed by atoms with Gasteiger partial charge in [0.15, 0.2) is 19.8 Å². The average Bonchev–Trinajstić information content (AvgIpc) is 3.28. The summed E-state index contributed by atoms with van der Waals surface area (Å²) >= 11 is 0. The van der Waals surface area contributed by atoms with Gasteiger partial charge in [0, 0.05) is 40.3 Å². The van der Waals surface area contributed by atoms with Gasteiger partial charge in [0.2, 0.25) is 0 Å². The molecule has 224 valence electrons. The predicted octanol–water partition coefficient (Wildman–Crippen LogP) is 6.31. The second kappa shape index (κ2) is 12.8. The molecule has 0 aromatic heterocycles. The molecule has 10 heteroatoms. The fourth-order valence-corrected chi connectivity index (χ4v) is 6.36. The molecule has 0 bridgehead atoms. The second-order valence-electron chi connectivity index (χ2n) is 13.5. The van der Waals surface area contributed by atoms with Crippen molar-refractivity contribution in [1.82, 2.24) is 4.90 Å². The van der Waals surface area contributed by atoms with Gasteiger partial charge in [-0.25, -0.2) is 0 Å². The van der Waals surface area contributed by atoms with Crippen molar-refractivity contribution in [2.24, 2.45) is 0 Å². The van der Waals surface area contributed by atoms with Crippen molar-refractivity contribution in [2.45, 2.75) is 90.4 Å². The normalized spacial score (nSPS) is 19.1. The maximum Gasteiger partial charge on any atom is 0.257 e. The summed E-state index contributed by atoms with van der Waals surface area (Å²) in [5.74, 6) is 0.657. The molecule has 3 rings (SSSR count). The Hall–Kier alpha value is -2.15. The first-order valence-corrected chi connectivity index (χ1v) is 21.0. The molecule has 1 unspecified atom stereocenters. The number of hydrogen-bond donors (Lipinski definition) is 0. The summed E-state index contributed by atoms with van der Waals surface area (Å²) in [6.07, 6.45) is 3.25. The summed E-state index contributed by atoms with van der Waals surface area (Å²) in [5, 5.41) is 0.149. The molecule has 1 fully saturated rings. The van der Waals surface area contributed by atoms with Gasteiger partial charge in [-0.2, -0.15) is 0 Å². The maximum absolute atomic E-state index is 13.9. The van der Waals surface area contributed by atoms with E-state index in [0.717, 1.165) is 18.0 Å². The van der Waals surface area contributed by atoms with Crippen molar-refractivity contribution >= 4 is 33.9 Å². The minimum Gasteiger partial charge on any atom is -0.493 e. The van der Waals surface area contributed by atoms with Crippen LogP contribution in [0.4, 0.5) is 5.69 Å². The van der Waals surface area contributed by atoms with Crippen molar-refractivity contribution in [1.29, 1.82) is 0 Å². The second-order valence-corrected chi connectivity index (χ2v) is 24.0. The van der Waals surface area contributed by atoms with Crippen LogP contribution in [0.1, 0.15) is 50.9 Å². The predicted molar refractivity (Wildman–Crippen MR) is 166 cm³/mol. The van der Waals surface area contributed by atoms with Gasteiger partial charge >= 0.3 is 0 Å². The van der Waals surface area contributed by atoms with Gasteiger partial charge in [-0.3, -0.25) is 14.5 Å². The Morgan fingerprint density at radius 2 is 1.73 bits per heavy atom. The monoisotopic (exact) mass is 590 g/mol. The Bertz CT molecular complexity index is 1110. The Morgan fingerprint density at radius 1 is 1.02 bits per heavy atom. The molecule has 0 aliphatic carbocycles. The highest BCUT2D eigenvalue weighted by molar-refractivity contribution is 6.76. The molecule has 1 aromatic rings. The van der Waals surface area contributed by atoms with E-state index >= 15 is 0 Å². The molecule has 2 aliphatic rings. The molecule has 8 nitrogen and oxygen atoms in total. The third kappa shape index (κ3) is 7.57. The van der Waals surface area contributed by atoms with Crippen molar-refractivity contribution < 1.29 is 28.2 Å². The zero-order valence-electron chi connectivity index (χ0n) is 26.3. The van der Waals surface area contributed by atoms with Crippen LogP contribution in [0.25, 0.3) is 0 Å². The number of carbonyl (C=O) groups is 2. The molecular weight excluding hydrogens is 541 g/mol. The summed E-state index contributed by atoms with van der Waals surface area (Å²) in [6.45, 7) is 22.1. The molecule has 0 N–H and O–H groups in total. The smallest absolute Gasteiger partial charge is 0.257 e. The van der Waals surface area contributed by atoms with Gasteiger partial charge < -0.3 is 23.5 Å². The highest BCUT2D eigenvalue weighted by Gasteiger charge is 2.44. The van der Waals surface area contributed by atoms with Crippen LogP contribution in [0, 0.1) is 0 Å². The zero-order valence-corrected chi connectivity index (χ0v) is 28.3. The minimum atomic E-state index is -1.83. The van der Waals surface area contributed by atoms with Gasteiger partial charge in [-0.1, -0.05) is 52.1 Å². The highest BCUT2D eigenvalue weighted by Crippen LogP contribution is 2.41. The summed E-state index contributed by atoms with van der Waals surface area (Å²) in [4.78, 5) is 30.9. The third-order valence-electron chi connectivity index (χ3n) is 8.26.